The van der Waals surface area contributed by atoms with Gasteiger partial charge in [-0.1, -0.05) is 0 Å². The Morgan fingerprint density at radius 1 is 0.886 bits per heavy atom. The van der Waals surface area contributed by atoms with Crippen molar-refractivity contribution in [2.45, 2.75) is 37.4 Å². The quantitative estimate of drug-likeness (QED) is 0.154. The zero-order valence-corrected chi connectivity index (χ0v) is 17.8. The first-order valence-corrected chi connectivity index (χ1v) is 10.2. The van der Waals surface area contributed by atoms with Crippen molar-refractivity contribution in [1.82, 2.24) is 0 Å². The van der Waals surface area contributed by atoms with Crippen molar-refractivity contribution in [2.24, 2.45) is 0 Å². The van der Waals surface area contributed by atoms with Crippen molar-refractivity contribution in [3.63, 3.8) is 0 Å². The van der Waals surface area contributed by atoms with E-state index in [4.69, 9.17) is 4.74 Å². The number of ether oxygens (including phenoxy) is 1. The third-order valence-electron chi connectivity index (χ3n) is 6.33. The summed E-state index contributed by atoms with van der Waals surface area (Å²) in [6.45, 7) is 0.291. The molecule has 0 spiro atoms. The largest absolute Gasteiger partial charge is 0.507 e. The summed E-state index contributed by atoms with van der Waals surface area (Å²) in [7, 11) is 0. The molecule has 0 unspecified atom stereocenters. The van der Waals surface area contributed by atoms with Gasteiger partial charge in [0.15, 0.2) is 23.1 Å². The molecule has 1 heterocycles. The van der Waals surface area contributed by atoms with Crippen molar-refractivity contribution < 1.29 is 65.1 Å². The molecule has 1 fully saturated rings. The highest BCUT2D eigenvalue weighted by molar-refractivity contribution is 6.31. The van der Waals surface area contributed by atoms with E-state index >= 15 is 0 Å². The molecular weight excluding hydrogens is 472 g/mol. The lowest BCUT2D eigenvalue weighted by Crippen LogP contribution is -2.55. The maximum atomic E-state index is 13.4. The highest BCUT2D eigenvalue weighted by Gasteiger charge is 2.48. The predicted octanol–water partition coefficient (Wildman–Crippen LogP) is -1.19. The van der Waals surface area contributed by atoms with Crippen LogP contribution in [0.5, 0.6) is 23.0 Å². The number of aromatic carboxylic acids is 1. The zero-order valence-electron chi connectivity index (χ0n) is 17.8. The van der Waals surface area contributed by atoms with Crippen LogP contribution < -0.4 is 0 Å². The molecule has 1 saturated heterocycles. The van der Waals surface area contributed by atoms with Gasteiger partial charge in [-0.2, -0.15) is 0 Å². The number of aliphatic hydroxyl groups excluding tert-OH is 4. The Labute approximate surface area is 195 Å². The van der Waals surface area contributed by atoms with Gasteiger partial charge >= 0.3 is 5.97 Å². The molecule has 0 aromatic heterocycles. The van der Waals surface area contributed by atoms with E-state index in [0.29, 0.717) is 6.07 Å². The highest BCUT2D eigenvalue weighted by atomic mass is 16.5. The number of rotatable bonds is 3. The summed E-state index contributed by atoms with van der Waals surface area (Å²) in [6, 6.07) is 0.716. The Hall–Kier alpha value is -3.75. The predicted molar refractivity (Wildman–Crippen MR) is 111 cm³/mol. The Morgan fingerprint density at radius 2 is 1.49 bits per heavy atom. The van der Waals surface area contributed by atoms with Gasteiger partial charge in [0.25, 0.3) is 0 Å². The molecule has 2 aromatic rings. The first-order chi connectivity index (χ1) is 16.3. The first-order valence-electron chi connectivity index (χ1n) is 10.2. The summed E-state index contributed by atoms with van der Waals surface area (Å²) in [4.78, 5) is 38.1. The zero-order chi connectivity index (χ0) is 26.1. The van der Waals surface area contributed by atoms with Crippen LogP contribution in [0, 0.1) is 6.92 Å². The number of phenolic OH excluding ortho intramolecular Hbond substituents is 3. The number of aliphatic hydroxyl groups is 4. The van der Waals surface area contributed by atoms with Gasteiger partial charge in [0, 0.05) is 11.1 Å². The van der Waals surface area contributed by atoms with E-state index in [9.17, 15) is 60.3 Å². The summed E-state index contributed by atoms with van der Waals surface area (Å²) < 4.78 is 5.30. The monoisotopic (exact) mass is 492 g/mol. The second kappa shape index (κ2) is 8.18. The van der Waals surface area contributed by atoms with E-state index < -0.39 is 111 Å². The number of carbonyl (C=O) groups excluding carboxylic acids is 2. The standard InChI is InChI=1S/C22H20O13/c1-4-8-5(2-6(24)9(4)22(33)34)13(25)10-11(15(8)27)16(28)12(18(30)17(10)29)21-20(32)19(31)14(26)7(3-23)35-21/h2,7,14,19-21,23-24,26,28-32H,3H2,1H3,(H,33,34)/t7-,14+,19+,20-,21+/m0/s1. The summed E-state index contributed by atoms with van der Waals surface area (Å²) in [5.41, 5.74) is -4.49. The molecule has 2 aliphatic rings. The average Bonchev–Trinajstić information content (AvgIpc) is 2.79. The SMILES string of the molecule is Cc1c(C(=O)O)c(O)cc2c1C(=O)c1c(O)c([C@H]3O[C@@H](CO)[C@@H](O)[C@@H](O)[C@@H]3O)c(O)c(O)c1C2=O. The lowest BCUT2D eigenvalue weighted by molar-refractivity contribution is -0.232. The van der Waals surface area contributed by atoms with Gasteiger partial charge in [0.05, 0.1) is 23.3 Å². The van der Waals surface area contributed by atoms with Gasteiger partial charge in [-0.25, -0.2) is 4.79 Å². The first kappa shape index (κ1) is 24.4. The maximum Gasteiger partial charge on any atom is 0.339 e. The van der Waals surface area contributed by atoms with Crippen molar-refractivity contribution in [1.29, 1.82) is 0 Å². The smallest absolute Gasteiger partial charge is 0.339 e. The number of carbonyl (C=O) groups is 3. The second-order valence-corrected chi connectivity index (χ2v) is 8.24. The molecule has 2 aromatic carbocycles. The van der Waals surface area contributed by atoms with Gasteiger partial charge in [-0.3, -0.25) is 9.59 Å². The van der Waals surface area contributed by atoms with Gasteiger partial charge in [0.1, 0.15) is 47.6 Å². The van der Waals surface area contributed by atoms with E-state index in [1.165, 1.54) is 0 Å². The topological polar surface area (TPSA) is 243 Å². The molecule has 13 heteroatoms. The molecule has 35 heavy (non-hydrogen) atoms. The summed E-state index contributed by atoms with van der Waals surface area (Å²) >= 11 is 0. The molecule has 9 N–H and O–H groups in total. The van der Waals surface area contributed by atoms with Crippen molar-refractivity contribution in [3.05, 3.63) is 45.0 Å². The van der Waals surface area contributed by atoms with E-state index in [-0.39, 0.29) is 5.56 Å². The molecule has 5 atom stereocenters. The molecule has 0 saturated carbocycles. The number of aromatic hydroxyl groups is 4. The molecular formula is C22H20O13. The van der Waals surface area contributed by atoms with Crippen LogP contribution in [0.4, 0.5) is 0 Å². The third-order valence-corrected chi connectivity index (χ3v) is 6.33. The number of fused-ring (bicyclic) bond motifs is 2. The van der Waals surface area contributed by atoms with Gasteiger partial charge in [-0.05, 0) is 18.6 Å². The van der Waals surface area contributed by atoms with Crippen LogP contribution in [0.2, 0.25) is 0 Å². The van der Waals surface area contributed by atoms with Gasteiger partial charge < -0.3 is 50.7 Å². The molecule has 0 bridgehead atoms. The van der Waals surface area contributed by atoms with Crippen LogP contribution in [0.25, 0.3) is 0 Å². The highest BCUT2D eigenvalue weighted by Crippen LogP contribution is 2.52. The van der Waals surface area contributed by atoms with Crippen molar-refractivity contribution in [3.8, 4) is 23.0 Å². The lowest BCUT2D eigenvalue weighted by Gasteiger charge is -2.40. The fourth-order valence-corrected chi connectivity index (χ4v) is 4.58. The van der Waals surface area contributed by atoms with Crippen LogP contribution in [-0.4, -0.2) is 94.5 Å². The number of ketones is 2. The summed E-state index contributed by atoms with van der Waals surface area (Å²) in [6.07, 6.45) is -9.12. The van der Waals surface area contributed by atoms with Crippen LogP contribution in [0.1, 0.15) is 59.4 Å². The minimum absolute atomic E-state index is 0.308. The maximum absolute atomic E-state index is 13.4. The average molecular weight is 492 g/mol. The number of carboxylic acid groups (broad SMARTS) is 1. The number of phenols is 4. The molecule has 0 amide bonds. The van der Waals surface area contributed by atoms with E-state index in [2.05, 4.69) is 0 Å². The number of benzene rings is 2. The van der Waals surface area contributed by atoms with Gasteiger partial charge in [-0.15, -0.1) is 0 Å². The van der Waals surface area contributed by atoms with Gasteiger partial charge in [0.2, 0.25) is 0 Å². The van der Waals surface area contributed by atoms with Crippen LogP contribution in [-0.2, 0) is 4.74 Å². The minimum Gasteiger partial charge on any atom is -0.507 e. The van der Waals surface area contributed by atoms with Crippen LogP contribution in [0.3, 0.4) is 0 Å². The lowest BCUT2D eigenvalue weighted by atomic mass is 9.77. The number of hydrogen-bond donors (Lipinski definition) is 9. The molecule has 0 radical (unpaired) electrons. The number of hydrogen-bond acceptors (Lipinski definition) is 12. The fraction of sp³-hybridized carbons (Fsp3) is 0.318. The second-order valence-electron chi connectivity index (χ2n) is 8.24. The van der Waals surface area contributed by atoms with E-state index in [0.717, 1.165) is 6.92 Å². The molecule has 186 valence electrons. The molecule has 1 aliphatic heterocycles. The summed E-state index contributed by atoms with van der Waals surface area (Å²) in [5.74, 6) is -8.24. The molecule has 1 aliphatic carbocycles. The Balaban J connectivity index is 1.99. The Bertz CT molecular complexity index is 1300. The molecule has 4 rings (SSSR count). The van der Waals surface area contributed by atoms with Crippen LogP contribution in [0.15, 0.2) is 6.07 Å². The number of carboxylic acids is 1. The van der Waals surface area contributed by atoms with Crippen molar-refractivity contribution >= 4 is 17.5 Å². The van der Waals surface area contributed by atoms with Crippen molar-refractivity contribution in [2.75, 3.05) is 6.61 Å². The van der Waals surface area contributed by atoms with Crippen LogP contribution >= 0.6 is 0 Å². The van der Waals surface area contributed by atoms with E-state index in [1.54, 1.807) is 0 Å². The fourth-order valence-electron chi connectivity index (χ4n) is 4.58. The normalized spacial score (nSPS) is 25.8. The van der Waals surface area contributed by atoms with E-state index in [1.807, 2.05) is 0 Å². The third kappa shape index (κ3) is 3.25. The Morgan fingerprint density at radius 3 is 2.06 bits per heavy atom. The summed E-state index contributed by atoms with van der Waals surface area (Å²) in [5, 5.41) is 91.5. The molecule has 13 nitrogen and oxygen atoms in total. The minimum atomic E-state index is -2.03. The Kier molecular flexibility index (Phi) is 5.70.